The topological polar surface area (TPSA) is 53.6 Å². The number of hydrogen-bond acceptors (Lipinski definition) is 3. The van der Waals surface area contributed by atoms with Crippen LogP contribution in [0.3, 0.4) is 0 Å². The Balaban J connectivity index is 1.69. The maximum atomic E-state index is 13.1. The Hall–Kier alpha value is -2.43. The van der Waals surface area contributed by atoms with Crippen LogP contribution in [0.15, 0.2) is 42.9 Å². The maximum absolute atomic E-state index is 13.1. The van der Waals surface area contributed by atoms with Crippen molar-refractivity contribution >= 4 is 16.9 Å². The summed E-state index contributed by atoms with van der Waals surface area (Å²) in [4.78, 5) is 11.3. The largest absolute Gasteiger partial charge is 0.361 e. The van der Waals surface area contributed by atoms with Gasteiger partial charge >= 0.3 is 0 Å². The van der Waals surface area contributed by atoms with Gasteiger partial charge in [0.15, 0.2) is 0 Å². The average molecular weight is 256 g/mol. The average Bonchev–Trinajstić information content (AvgIpc) is 2.82. The van der Waals surface area contributed by atoms with Crippen molar-refractivity contribution < 1.29 is 4.39 Å². The van der Waals surface area contributed by atoms with Gasteiger partial charge in [0.1, 0.15) is 5.82 Å². The number of hydrogen-bond donors (Lipinski definition) is 2. The third-order valence-electron chi connectivity index (χ3n) is 2.97. The van der Waals surface area contributed by atoms with Crippen LogP contribution in [0.5, 0.6) is 0 Å². The standard InChI is InChI=1S/C14H13FN4/c15-11-2-3-12-10(9-19-13(12)8-11)4-7-18-14-16-5-1-6-17-14/h1-3,5-6,8-9,19H,4,7H2,(H,16,17,18). The van der Waals surface area contributed by atoms with Crippen LogP contribution in [0.4, 0.5) is 10.3 Å². The monoisotopic (exact) mass is 256 g/mol. The third-order valence-corrected chi connectivity index (χ3v) is 2.97. The molecule has 2 heterocycles. The molecule has 0 saturated heterocycles. The molecule has 0 aliphatic carbocycles. The molecule has 0 atom stereocenters. The molecule has 0 aliphatic heterocycles. The summed E-state index contributed by atoms with van der Waals surface area (Å²) in [5.41, 5.74) is 1.98. The van der Waals surface area contributed by atoms with Crippen molar-refractivity contribution in [3.63, 3.8) is 0 Å². The number of rotatable bonds is 4. The first kappa shape index (κ1) is 11.6. The molecule has 0 radical (unpaired) electrons. The fourth-order valence-corrected chi connectivity index (χ4v) is 2.06. The number of nitrogens with zero attached hydrogens (tertiary/aromatic N) is 2. The molecule has 2 N–H and O–H groups in total. The molecule has 0 aliphatic rings. The Morgan fingerprint density at radius 3 is 2.89 bits per heavy atom. The fourth-order valence-electron chi connectivity index (χ4n) is 2.06. The molecule has 0 fully saturated rings. The number of halogens is 1. The van der Waals surface area contributed by atoms with E-state index in [0.717, 1.165) is 29.4 Å². The Bertz CT molecular complexity index is 678. The Morgan fingerprint density at radius 1 is 1.21 bits per heavy atom. The lowest BCUT2D eigenvalue weighted by Crippen LogP contribution is -2.07. The molecular formula is C14H13FN4. The molecule has 5 heteroatoms. The summed E-state index contributed by atoms with van der Waals surface area (Å²) < 4.78 is 13.1. The molecule has 2 aromatic heterocycles. The zero-order chi connectivity index (χ0) is 13.1. The van der Waals surface area contributed by atoms with Crippen molar-refractivity contribution in [2.24, 2.45) is 0 Å². The molecule has 19 heavy (non-hydrogen) atoms. The lowest BCUT2D eigenvalue weighted by molar-refractivity contribution is 0.629. The van der Waals surface area contributed by atoms with Crippen LogP contribution in [0, 0.1) is 5.82 Å². The highest BCUT2D eigenvalue weighted by atomic mass is 19.1. The van der Waals surface area contributed by atoms with Gasteiger partial charge < -0.3 is 10.3 Å². The van der Waals surface area contributed by atoms with E-state index in [4.69, 9.17) is 0 Å². The van der Waals surface area contributed by atoms with E-state index in [1.165, 1.54) is 12.1 Å². The molecule has 3 rings (SSSR count). The number of nitrogens with one attached hydrogen (secondary N) is 2. The lowest BCUT2D eigenvalue weighted by atomic mass is 10.1. The van der Waals surface area contributed by atoms with Gasteiger partial charge in [0.25, 0.3) is 0 Å². The predicted octanol–water partition coefficient (Wildman–Crippen LogP) is 2.75. The van der Waals surface area contributed by atoms with Gasteiger partial charge in [0, 0.05) is 36.0 Å². The Kier molecular flexibility index (Phi) is 3.10. The molecule has 0 saturated carbocycles. The highest BCUT2D eigenvalue weighted by molar-refractivity contribution is 5.83. The maximum Gasteiger partial charge on any atom is 0.222 e. The number of aromatic amines is 1. The van der Waals surface area contributed by atoms with Crippen LogP contribution in [0.2, 0.25) is 0 Å². The van der Waals surface area contributed by atoms with Gasteiger partial charge in [-0.15, -0.1) is 0 Å². The summed E-state index contributed by atoms with van der Waals surface area (Å²) in [7, 11) is 0. The van der Waals surface area contributed by atoms with E-state index < -0.39 is 0 Å². The quantitative estimate of drug-likeness (QED) is 0.754. The summed E-state index contributed by atoms with van der Waals surface area (Å²) in [6, 6.07) is 6.56. The second kappa shape index (κ2) is 5.06. The van der Waals surface area contributed by atoms with E-state index >= 15 is 0 Å². The number of aromatic nitrogens is 3. The normalized spacial score (nSPS) is 10.8. The van der Waals surface area contributed by atoms with E-state index in [0.29, 0.717) is 5.95 Å². The van der Waals surface area contributed by atoms with Crippen molar-refractivity contribution in [2.45, 2.75) is 6.42 Å². The summed E-state index contributed by atoms with van der Waals surface area (Å²) in [6.07, 6.45) is 6.13. The second-order valence-electron chi connectivity index (χ2n) is 4.25. The van der Waals surface area contributed by atoms with Crippen LogP contribution < -0.4 is 5.32 Å². The first-order valence-corrected chi connectivity index (χ1v) is 6.09. The first-order valence-electron chi connectivity index (χ1n) is 6.09. The van der Waals surface area contributed by atoms with Crippen molar-refractivity contribution in [1.29, 1.82) is 0 Å². The van der Waals surface area contributed by atoms with E-state index in [1.807, 2.05) is 6.20 Å². The number of fused-ring (bicyclic) bond motifs is 1. The number of benzene rings is 1. The molecule has 0 spiro atoms. The summed E-state index contributed by atoms with van der Waals surface area (Å²) in [5.74, 6) is 0.394. The fraction of sp³-hybridized carbons (Fsp3) is 0.143. The summed E-state index contributed by atoms with van der Waals surface area (Å²) in [6.45, 7) is 0.730. The van der Waals surface area contributed by atoms with E-state index in [2.05, 4.69) is 20.3 Å². The highest BCUT2D eigenvalue weighted by Gasteiger charge is 2.04. The van der Waals surface area contributed by atoms with Crippen molar-refractivity contribution in [3.8, 4) is 0 Å². The minimum Gasteiger partial charge on any atom is -0.361 e. The minimum atomic E-state index is -0.225. The van der Waals surface area contributed by atoms with Gasteiger partial charge in [0.2, 0.25) is 5.95 Å². The second-order valence-corrected chi connectivity index (χ2v) is 4.25. The zero-order valence-electron chi connectivity index (χ0n) is 10.2. The van der Waals surface area contributed by atoms with Gasteiger partial charge in [-0.05, 0) is 36.2 Å². The molecule has 1 aromatic carbocycles. The molecule has 0 amide bonds. The SMILES string of the molecule is Fc1ccc2c(CCNc3ncccn3)c[nH]c2c1. The van der Waals surface area contributed by atoms with Gasteiger partial charge in [-0.2, -0.15) is 0 Å². The van der Waals surface area contributed by atoms with Crippen molar-refractivity contribution in [1.82, 2.24) is 15.0 Å². The van der Waals surface area contributed by atoms with E-state index in [9.17, 15) is 4.39 Å². The van der Waals surface area contributed by atoms with Crippen LogP contribution in [0.25, 0.3) is 10.9 Å². The predicted molar refractivity (Wildman–Crippen MR) is 72.5 cm³/mol. The van der Waals surface area contributed by atoms with Crippen molar-refractivity contribution in [3.05, 3.63) is 54.2 Å². The summed E-state index contributed by atoms with van der Waals surface area (Å²) >= 11 is 0. The van der Waals surface area contributed by atoms with Crippen LogP contribution in [0.1, 0.15) is 5.56 Å². The number of anilines is 1. The third kappa shape index (κ3) is 2.54. The van der Waals surface area contributed by atoms with Crippen LogP contribution >= 0.6 is 0 Å². The zero-order valence-corrected chi connectivity index (χ0v) is 10.2. The van der Waals surface area contributed by atoms with Crippen LogP contribution in [-0.4, -0.2) is 21.5 Å². The molecular weight excluding hydrogens is 243 g/mol. The Morgan fingerprint density at radius 2 is 2.05 bits per heavy atom. The number of H-pyrrole nitrogens is 1. The molecule has 0 unspecified atom stereocenters. The van der Waals surface area contributed by atoms with Gasteiger partial charge in [-0.1, -0.05) is 0 Å². The smallest absolute Gasteiger partial charge is 0.222 e. The minimum absolute atomic E-state index is 0.225. The van der Waals surface area contributed by atoms with Crippen LogP contribution in [-0.2, 0) is 6.42 Å². The molecule has 96 valence electrons. The molecule has 3 aromatic rings. The lowest BCUT2D eigenvalue weighted by Gasteiger charge is -2.03. The van der Waals surface area contributed by atoms with E-state index in [-0.39, 0.29) is 5.82 Å². The van der Waals surface area contributed by atoms with Gasteiger partial charge in [0.05, 0.1) is 0 Å². The van der Waals surface area contributed by atoms with E-state index in [1.54, 1.807) is 24.5 Å². The van der Waals surface area contributed by atoms with Crippen molar-refractivity contribution in [2.75, 3.05) is 11.9 Å². The van der Waals surface area contributed by atoms with Gasteiger partial charge in [-0.25, -0.2) is 14.4 Å². The van der Waals surface area contributed by atoms with Gasteiger partial charge in [-0.3, -0.25) is 0 Å². The molecule has 4 nitrogen and oxygen atoms in total. The summed E-state index contributed by atoms with van der Waals surface area (Å²) in [5, 5.41) is 4.20. The molecule has 0 bridgehead atoms. The highest BCUT2D eigenvalue weighted by Crippen LogP contribution is 2.19. The Labute approximate surface area is 109 Å². The first-order chi connectivity index (χ1) is 9.33.